The van der Waals surface area contributed by atoms with E-state index in [1.54, 1.807) is 0 Å². The number of ether oxygens (including phenoxy) is 1. The van der Waals surface area contributed by atoms with Crippen molar-refractivity contribution in [2.24, 2.45) is 10.9 Å². The van der Waals surface area contributed by atoms with Crippen molar-refractivity contribution < 1.29 is 4.74 Å². The van der Waals surface area contributed by atoms with Gasteiger partial charge in [-0.1, -0.05) is 30.3 Å². The maximum atomic E-state index is 5.60. The first-order chi connectivity index (χ1) is 10.4. The topological polar surface area (TPSA) is 45.7 Å². The van der Waals surface area contributed by atoms with E-state index in [-0.39, 0.29) is 24.0 Å². The third-order valence-electron chi connectivity index (χ3n) is 3.45. The second-order valence-corrected chi connectivity index (χ2v) is 5.44. The average molecular weight is 417 g/mol. The number of rotatable bonds is 9. The smallest absolute Gasteiger partial charge is 0.191 e. The Morgan fingerprint density at radius 3 is 2.68 bits per heavy atom. The molecule has 0 heterocycles. The predicted molar refractivity (Wildman–Crippen MR) is 103 cm³/mol. The van der Waals surface area contributed by atoms with Gasteiger partial charge in [0.25, 0.3) is 0 Å². The van der Waals surface area contributed by atoms with Gasteiger partial charge in [0.15, 0.2) is 5.96 Å². The summed E-state index contributed by atoms with van der Waals surface area (Å²) < 4.78 is 5.60. The van der Waals surface area contributed by atoms with Crippen LogP contribution in [0.1, 0.15) is 25.3 Å². The second kappa shape index (κ2) is 11.7. The Balaban J connectivity index is 0.00000242. The summed E-state index contributed by atoms with van der Waals surface area (Å²) in [5.74, 6) is 1.70. The molecule has 0 spiro atoms. The van der Waals surface area contributed by atoms with Crippen LogP contribution in [-0.4, -0.2) is 38.8 Å². The van der Waals surface area contributed by atoms with Crippen LogP contribution in [0.4, 0.5) is 0 Å². The van der Waals surface area contributed by atoms with Crippen LogP contribution >= 0.6 is 24.0 Å². The summed E-state index contributed by atoms with van der Waals surface area (Å²) in [6.45, 7) is 6.18. The lowest BCUT2D eigenvalue weighted by molar-refractivity contribution is 0.131. The molecule has 0 radical (unpaired) electrons. The first-order valence-electron chi connectivity index (χ1n) is 8.02. The number of guanidine groups is 1. The molecule has 0 aromatic heterocycles. The summed E-state index contributed by atoms with van der Waals surface area (Å²) in [4.78, 5) is 4.53. The molecule has 5 heteroatoms. The fraction of sp³-hybridized carbons (Fsp3) is 0.588. The number of benzene rings is 1. The van der Waals surface area contributed by atoms with E-state index in [0.717, 1.165) is 38.0 Å². The van der Waals surface area contributed by atoms with E-state index < -0.39 is 0 Å². The summed E-state index contributed by atoms with van der Waals surface area (Å²) in [6, 6.07) is 10.5. The lowest BCUT2D eigenvalue weighted by atomic mass is 10.1. The molecular weight excluding hydrogens is 389 g/mol. The predicted octanol–water partition coefficient (Wildman–Crippen LogP) is 2.83. The van der Waals surface area contributed by atoms with Crippen LogP contribution in [0, 0.1) is 5.92 Å². The highest BCUT2D eigenvalue weighted by atomic mass is 127. The van der Waals surface area contributed by atoms with Gasteiger partial charge in [-0.15, -0.1) is 24.0 Å². The maximum absolute atomic E-state index is 5.60. The van der Waals surface area contributed by atoms with E-state index in [1.807, 2.05) is 6.07 Å². The van der Waals surface area contributed by atoms with Gasteiger partial charge < -0.3 is 15.4 Å². The lowest BCUT2D eigenvalue weighted by Crippen LogP contribution is -2.38. The van der Waals surface area contributed by atoms with Crippen LogP contribution in [0.25, 0.3) is 0 Å². The van der Waals surface area contributed by atoms with E-state index in [9.17, 15) is 0 Å². The first kappa shape index (κ1) is 19.2. The van der Waals surface area contributed by atoms with Gasteiger partial charge in [-0.2, -0.15) is 0 Å². The molecule has 1 fully saturated rings. The highest BCUT2D eigenvalue weighted by Crippen LogP contribution is 2.28. The minimum Gasteiger partial charge on any atom is -0.379 e. The minimum absolute atomic E-state index is 0. The lowest BCUT2D eigenvalue weighted by Gasteiger charge is -2.11. The van der Waals surface area contributed by atoms with Crippen molar-refractivity contribution in [3.05, 3.63) is 35.9 Å². The quantitative estimate of drug-likeness (QED) is 0.281. The van der Waals surface area contributed by atoms with Gasteiger partial charge >= 0.3 is 0 Å². The van der Waals surface area contributed by atoms with Gasteiger partial charge in [0, 0.05) is 19.7 Å². The third kappa shape index (κ3) is 8.58. The molecule has 0 atom stereocenters. The molecule has 1 aliphatic carbocycles. The largest absolute Gasteiger partial charge is 0.379 e. The molecule has 0 aliphatic heterocycles. The summed E-state index contributed by atoms with van der Waals surface area (Å²) >= 11 is 0. The van der Waals surface area contributed by atoms with E-state index in [1.165, 1.54) is 18.4 Å². The van der Waals surface area contributed by atoms with Crippen LogP contribution in [0.15, 0.2) is 35.3 Å². The Morgan fingerprint density at radius 2 is 2.00 bits per heavy atom. The molecule has 2 rings (SSSR count). The molecule has 124 valence electrons. The van der Waals surface area contributed by atoms with E-state index in [2.05, 4.69) is 46.8 Å². The number of hydrogen-bond donors (Lipinski definition) is 2. The van der Waals surface area contributed by atoms with Crippen LogP contribution in [0.2, 0.25) is 0 Å². The molecule has 2 N–H and O–H groups in total. The molecule has 1 aliphatic rings. The van der Waals surface area contributed by atoms with Gasteiger partial charge in [-0.05, 0) is 37.7 Å². The number of hydrogen-bond acceptors (Lipinski definition) is 2. The number of nitrogens with one attached hydrogen (secondary N) is 2. The molecule has 0 saturated heterocycles. The van der Waals surface area contributed by atoms with Crippen molar-refractivity contribution in [2.45, 2.75) is 26.2 Å². The van der Waals surface area contributed by atoms with Crippen LogP contribution in [-0.2, 0) is 11.2 Å². The van der Waals surface area contributed by atoms with Crippen molar-refractivity contribution in [3.63, 3.8) is 0 Å². The number of aliphatic imine (C=N–C) groups is 1. The van der Waals surface area contributed by atoms with Crippen molar-refractivity contribution in [1.82, 2.24) is 10.6 Å². The standard InChI is InChI=1S/C17H27N3O.HI/c1-2-18-17(20-12-13-21-14-16-8-9-16)19-11-10-15-6-4-3-5-7-15;/h3-7,16H,2,8-14H2,1H3,(H2,18,19,20);1H. The SMILES string of the molecule is CCNC(=NCCOCC1CC1)NCCc1ccccc1.I. The van der Waals surface area contributed by atoms with Gasteiger partial charge in [-0.25, -0.2) is 0 Å². The normalized spacial score (nSPS) is 14.3. The second-order valence-electron chi connectivity index (χ2n) is 5.44. The summed E-state index contributed by atoms with van der Waals surface area (Å²) in [7, 11) is 0. The van der Waals surface area contributed by atoms with E-state index in [0.29, 0.717) is 13.2 Å². The van der Waals surface area contributed by atoms with Crippen LogP contribution in [0.3, 0.4) is 0 Å². The monoisotopic (exact) mass is 417 g/mol. The van der Waals surface area contributed by atoms with Crippen molar-refractivity contribution in [3.8, 4) is 0 Å². The zero-order valence-electron chi connectivity index (χ0n) is 13.4. The van der Waals surface area contributed by atoms with Crippen LogP contribution in [0.5, 0.6) is 0 Å². The summed E-state index contributed by atoms with van der Waals surface area (Å²) in [5.41, 5.74) is 1.34. The fourth-order valence-corrected chi connectivity index (χ4v) is 2.07. The summed E-state index contributed by atoms with van der Waals surface area (Å²) in [5, 5.41) is 6.63. The Hall–Kier alpha value is -0.820. The molecule has 0 bridgehead atoms. The van der Waals surface area contributed by atoms with Gasteiger partial charge in [0.05, 0.1) is 13.2 Å². The molecular formula is C17H28IN3O. The molecule has 4 nitrogen and oxygen atoms in total. The first-order valence-corrected chi connectivity index (χ1v) is 8.02. The van der Waals surface area contributed by atoms with Crippen molar-refractivity contribution in [1.29, 1.82) is 0 Å². The Morgan fingerprint density at radius 1 is 1.23 bits per heavy atom. The van der Waals surface area contributed by atoms with Gasteiger partial charge in [0.2, 0.25) is 0 Å². The Bertz CT molecular complexity index is 421. The van der Waals surface area contributed by atoms with E-state index >= 15 is 0 Å². The molecule has 1 aromatic rings. The Kier molecular flexibility index (Phi) is 10.2. The highest BCUT2D eigenvalue weighted by Gasteiger charge is 2.20. The van der Waals surface area contributed by atoms with Crippen molar-refractivity contribution >= 4 is 29.9 Å². The number of halogens is 1. The maximum Gasteiger partial charge on any atom is 0.191 e. The van der Waals surface area contributed by atoms with Crippen molar-refractivity contribution in [2.75, 3.05) is 32.8 Å². The molecule has 0 amide bonds. The molecule has 1 saturated carbocycles. The summed E-state index contributed by atoms with van der Waals surface area (Å²) in [6.07, 6.45) is 3.68. The Labute approximate surface area is 151 Å². The zero-order valence-corrected chi connectivity index (χ0v) is 15.7. The number of nitrogens with zero attached hydrogens (tertiary/aromatic N) is 1. The fourth-order valence-electron chi connectivity index (χ4n) is 2.07. The zero-order chi connectivity index (χ0) is 14.8. The molecule has 1 aromatic carbocycles. The third-order valence-corrected chi connectivity index (χ3v) is 3.45. The van der Waals surface area contributed by atoms with Gasteiger partial charge in [0.1, 0.15) is 0 Å². The molecule has 22 heavy (non-hydrogen) atoms. The minimum atomic E-state index is 0. The van der Waals surface area contributed by atoms with Gasteiger partial charge in [-0.3, -0.25) is 4.99 Å². The van der Waals surface area contributed by atoms with E-state index in [4.69, 9.17) is 4.74 Å². The average Bonchev–Trinajstić information content (AvgIpc) is 3.32. The highest BCUT2D eigenvalue weighted by molar-refractivity contribution is 14.0. The molecule has 0 unspecified atom stereocenters. The van der Waals surface area contributed by atoms with Crippen LogP contribution < -0.4 is 10.6 Å².